The summed E-state index contributed by atoms with van der Waals surface area (Å²) in [6.07, 6.45) is 0. The van der Waals surface area contributed by atoms with Crippen LogP contribution in [0.5, 0.6) is 0 Å². The molecule has 0 aliphatic heterocycles. The van der Waals surface area contributed by atoms with Crippen LogP contribution >= 0.6 is 0 Å². The molecule has 130 valence electrons. The highest BCUT2D eigenvalue weighted by atomic mass is 16.5. The third-order valence-corrected chi connectivity index (χ3v) is 4.14. The lowest BCUT2D eigenvalue weighted by Crippen LogP contribution is -2.14. The van der Waals surface area contributed by atoms with Crippen molar-refractivity contribution in [2.45, 2.75) is 34.2 Å². The van der Waals surface area contributed by atoms with Crippen LogP contribution in [-0.4, -0.2) is 32.1 Å². The molecule has 0 saturated heterocycles. The second kappa shape index (κ2) is 6.93. The van der Waals surface area contributed by atoms with Gasteiger partial charge in [0.05, 0.1) is 29.3 Å². The fourth-order valence-electron chi connectivity index (χ4n) is 2.96. The molecule has 0 N–H and O–H groups in total. The number of esters is 1. The number of carbonyl (C=O) groups is 1. The van der Waals surface area contributed by atoms with Crippen LogP contribution < -0.4 is 0 Å². The molecule has 0 saturated carbocycles. The summed E-state index contributed by atoms with van der Waals surface area (Å²) in [5.74, 6) is -0.348. The molecule has 0 fully saturated rings. The molecular formula is C19H22N4O2. The van der Waals surface area contributed by atoms with Crippen molar-refractivity contribution < 1.29 is 9.53 Å². The number of hydrogen-bond acceptors (Lipinski definition) is 4. The van der Waals surface area contributed by atoms with Crippen LogP contribution in [-0.2, 0) is 11.3 Å². The Morgan fingerprint density at radius 1 is 1.08 bits per heavy atom. The fourth-order valence-corrected chi connectivity index (χ4v) is 2.96. The minimum absolute atomic E-state index is 0.274. The molecule has 3 aromatic rings. The van der Waals surface area contributed by atoms with Crippen molar-refractivity contribution in [3.05, 3.63) is 64.7 Å². The molecule has 0 spiro atoms. The Morgan fingerprint density at radius 2 is 1.80 bits per heavy atom. The number of aromatic nitrogens is 4. The SMILES string of the molecule is Cc1cc(C)n(CCOC(=O)c2c(C)nn(-c3ccccc3)c2C)n1. The second-order valence-electron chi connectivity index (χ2n) is 6.08. The first-order valence-corrected chi connectivity index (χ1v) is 8.27. The van der Waals surface area contributed by atoms with Gasteiger partial charge in [-0.15, -0.1) is 0 Å². The first kappa shape index (κ1) is 17.0. The molecule has 0 aliphatic rings. The van der Waals surface area contributed by atoms with Gasteiger partial charge in [0.15, 0.2) is 0 Å². The predicted octanol–water partition coefficient (Wildman–Crippen LogP) is 3.16. The van der Waals surface area contributed by atoms with Gasteiger partial charge in [-0.25, -0.2) is 9.48 Å². The maximum atomic E-state index is 12.5. The largest absolute Gasteiger partial charge is 0.460 e. The molecule has 0 radical (unpaired) electrons. The first-order valence-electron chi connectivity index (χ1n) is 8.27. The van der Waals surface area contributed by atoms with Crippen LogP contribution in [0.2, 0.25) is 0 Å². The predicted molar refractivity (Wildman–Crippen MR) is 95.0 cm³/mol. The quantitative estimate of drug-likeness (QED) is 0.671. The molecule has 1 aromatic carbocycles. The number of ether oxygens (including phenoxy) is 1. The van der Waals surface area contributed by atoms with Crippen LogP contribution in [0.25, 0.3) is 5.69 Å². The number of hydrogen-bond donors (Lipinski definition) is 0. The van der Waals surface area contributed by atoms with Gasteiger partial charge in [0.25, 0.3) is 0 Å². The second-order valence-corrected chi connectivity index (χ2v) is 6.08. The van der Waals surface area contributed by atoms with E-state index >= 15 is 0 Å². The summed E-state index contributed by atoms with van der Waals surface area (Å²) in [6.45, 7) is 8.45. The van der Waals surface area contributed by atoms with Gasteiger partial charge in [-0.05, 0) is 45.9 Å². The van der Waals surface area contributed by atoms with Gasteiger partial charge in [-0.1, -0.05) is 18.2 Å². The van der Waals surface area contributed by atoms with E-state index in [0.29, 0.717) is 17.8 Å². The number of carbonyl (C=O) groups excluding carboxylic acids is 1. The third-order valence-electron chi connectivity index (χ3n) is 4.14. The van der Waals surface area contributed by atoms with E-state index in [4.69, 9.17) is 4.74 Å². The Balaban J connectivity index is 1.72. The lowest BCUT2D eigenvalue weighted by molar-refractivity contribution is 0.0485. The van der Waals surface area contributed by atoms with Crippen LogP contribution in [0.1, 0.15) is 33.1 Å². The number of rotatable bonds is 5. The van der Waals surface area contributed by atoms with Crippen molar-refractivity contribution in [3.8, 4) is 5.69 Å². The summed E-state index contributed by atoms with van der Waals surface area (Å²) < 4.78 is 9.07. The molecule has 0 amide bonds. The van der Waals surface area contributed by atoms with Crippen molar-refractivity contribution in [2.24, 2.45) is 0 Å². The molecule has 2 aromatic heterocycles. The Hall–Kier alpha value is -2.89. The molecule has 0 aliphatic carbocycles. The summed E-state index contributed by atoms with van der Waals surface area (Å²) in [7, 11) is 0. The van der Waals surface area contributed by atoms with Gasteiger partial charge >= 0.3 is 5.97 Å². The van der Waals surface area contributed by atoms with E-state index in [-0.39, 0.29) is 12.6 Å². The van der Waals surface area contributed by atoms with E-state index in [1.54, 1.807) is 4.68 Å². The number of para-hydroxylation sites is 1. The molecule has 25 heavy (non-hydrogen) atoms. The zero-order chi connectivity index (χ0) is 18.0. The maximum absolute atomic E-state index is 12.5. The maximum Gasteiger partial charge on any atom is 0.341 e. The standard InChI is InChI=1S/C19H22N4O2/c1-13-12-14(2)22(20-13)10-11-25-19(24)18-15(3)21-23(16(18)4)17-8-6-5-7-9-17/h5-9,12H,10-11H2,1-4H3. The van der Waals surface area contributed by atoms with Gasteiger partial charge in [0, 0.05) is 5.69 Å². The van der Waals surface area contributed by atoms with Crippen LogP contribution in [0, 0.1) is 27.7 Å². The molecule has 0 bridgehead atoms. The highest BCUT2D eigenvalue weighted by molar-refractivity contribution is 5.92. The molecular weight excluding hydrogens is 316 g/mol. The van der Waals surface area contributed by atoms with Crippen LogP contribution in [0.15, 0.2) is 36.4 Å². The third kappa shape index (κ3) is 3.47. The van der Waals surface area contributed by atoms with Gasteiger partial charge in [0.2, 0.25) is 0 Å². The lowest BCUT2D eigenvalue weighted by atomic mass is 10.2. The average molecular weight is 338 g/mol. The van der Waals surface area contributed by atoms with E-state index < -0.39 is 0 Å². The van der Waals surface area contributed by atoms with Gasteiger partial charge in [-0.3, -0.25) is 4.68 Å². The number of nitrogens with zero attached hydrogens (tertiary/aromatic N) is 4. The Morgan fingerprint density at radius 3 is 2.44 bits per heavy atom. The highest BCUT2D eigenvalue weighted by Crippen LogP contribution is 2.18. The zero-order valence-electron chi connectivity index (χ0n) is 15.0. The monoisotopic (exact) mass is 338 g/mol. The highest BCUT2D eigenvalue weighted by Gasteiger charge is 2.20. The lowest BCUT2D eigenvalue weighted by Gasteiger charge is -2.07. The summed E-state index contributed by atoms with van der Waals surface area (Å²) in [6, 6.07) is 11.7. The van der Waals surface area contributed by atoms with Crippen molar-refractivity contribution in [2.75, 3.05) is 6.61 Å². The Kier molecular flexibility index (Phi) is 4.70. The Bertz CT molecular complexity index is 894. The van der Waals surface area contributed by atoms with Crippen LogP contribution in [0.3, 0.4) is 0 Å². The van der Waals surface area contributed by atoms with E-state index in [1.165, 1.54) is 0 Å². The van der Waals surface area contributed by atoms with Gasteiger partial charge in [0.1, 0.15) is 12.2 Å². The minimum atomic E-state index is -0.348. The van der Waals surface area contributed by atoms with Crippen molar-refractivity contribution >= 4 is 5.97 Å². The van der Waals surface area contributed by atoms with Crippen LogP contribution in [0.4, 0.5) is 0 Å². The fraction of sp³-hybridized carbons (Fsp3) is 0.316. The number of aryl methyl sites for hydroxylation is 3. The Labute approximate surface area is 147 Å². The molecule has 6 nitrogen and oxygen atoms in total. The topological polar surface area (TPSA) is 61.9 Å². The summed E-state index contributed by atoms with van der Waals surface area (Å²) in [4.78, 5) is 12.5. The molecule has 3 rings (SSSR count). The zero-order valence-corrected chi connectivity index (χ0v) is 15.0. The smallest absolute Gasteiger partial charge is 0.341 e. The summed E-state index contributed by atoms with van der Waals surface area (Å²) >= 11 is 0. The van der Waals surface area contributed by atoms with E-state index in [0.717, 1.165) is 22.8 Å². The number of benzene rings is 1. The van der Waals surface area contributed by atoms with Gasteiger partial charge in [-0.2, -0.15) is 10.2 Å². The normalized spacial score (nSPS) is 10.9. The van der Waals surface area contributed by atoms with Gasteiger partial charge < -0.3 is 4.74 Å². The molecule has 6 heteroatoms. The van der Waals surface area contributed by atoms with Crippen molar-refractivity contribution in [1.29, 1.82) is 0 Å². The molecule has 0 unspecified atom stereocenters. The summed E-state index contributed by atoms with van der Waals surface area (Å²) in [5.41, 5.74) is 4.90. The average Bonchev–Trinajstić information content (AvgIpc) is 3.06. The molecule has 0 atom stereocenters. The van der Waals surface area contributed by atoms with Crippen molar-refractivity contribution in [1.82, 2.24) is 19.6 Å². The van der Waals surface area contributed by atoms with E-state index in [2.05, 4.69) is 10.2 Å². The minimum Gasteiger partial charge on any atom is -0.460 e. The van der Waals surface area contributed by atoms with Crippen molar-refractivity contribution in [3.63, 3.8) is 0 Å². The van der Waals surface area contributed by atoms with E-state index in [1.807, 2.05) is 68.8 Å². The first-order chi connectivity index (χ1) is 12.0. The summed E-state index contributed by atoms with van der Waals surface area (Å²) in [5, 5.41) is 8.85. The molecule has 2 heterocycles. The van der Waals surface area contributed by atoms with E-state index in [9.17, 15) is 4.79 Å².